The highest BCUT2D eigenvalue weighted by atomic mass is 15.3. The lowest BCUT2D eigenvalue weighted by Crippen LogP contribution is -2.47. The van der Waals surface area contributed by atoms with Gasteiger partial charge < -0.3 is 10.2 Å². The van der Waals surface area contributed by atoms with E-state index in [1.165, 1.54) is 44.7 Å². The second-order valence-electron chi connectivity index (χ2n) is 5.40. The molecular formula is C14H29N3. The zero-order valence-electron chi connectivity index (χ0n) is 11.8. The van der Waals surface area contributed by atoms with Crippen molar-refractivity contribution < 1.29 is 0 Å². The molecule has 0 spiro atoms. The molecular weight excluding hydrogens is 210 g/mol. The molecule has 0 bridgehead atoms. The Balaban J connectivity index is 2.14. The van der Waals surface area contributed by atoms with Crippen LogP contribution in [0.4, 0.5) is 0 Å². The Hall–Kier alpha value is -0.380. The van der Waals surface area contributed by atoms with Gasteiger partial charge in [0.15, 0.2) is 0 Å². The number of rotatable bonds is 7. The van der Waals surface area contributed by atoms with Gasteiger partial charge in [0, 0.05) is 45.3 Å². The second kappa shape index (κ2) is 7.85. The van der Waals surface area contributed by atoms with Gasteiger partial charge in [-0.15, -0.1) is 0 Å². The van der Waals surface area contributed by atoms with Crippen LogP contribution in [0.3, 0.4) is 0 Å². The fraction of sp³-hybridized carbons (Fsp3) is 0.857. The van der Waals surface area contributed by atoms with Gasteiger partial charge in [0.25, 0.3) is 0 Å². The van der Waals surface area contributed by atoms with Gasteiger partial charge in [-0.2, -0.15) is 0 Å². The third-order valence-electron chi connectivity index (χ3n) is 3.21. The molecule has 1 saturated heterocycles. The molecule has 0 radical (unpaired) electrons. The molecule has 1 heterocycles. The average Bonchev–Trinajstić information content (AvgIpc) is 2.29. The lowest BCUT2D eigenvalue weighted by Gasteiger charge is -2.35. The smallest absolute Gasteiger partial charge is 0.0203 e. The van der Waals surface area contributed by atoms with Crippen LogP contribution in [0.5, 0.6) is 0 Å². The molecule has 0 saturated carbocycles. The van der Waals surface area contributed by atoms with Crippen molar-refractivity contribution in [2.24, 2.45) is 0 Å². The van der Waals surface area contributed by atoms with Crippen LogP contribution in [0.2, 0.25) is 0 Å². The second-order valence-corrected chi connectivity index (χ2v) is 5.40. The topological polar surface area (TPSA) is 18.5 Å². The minimum Gasteiger partial charge on any atom is -0.311 e. The zero-order valence-corrected chi connectivity index (χ0v) is 11.8. The Kier molecular flexibility index (Phi) is 6.78. The molecule has 0 amide bonds. The van der Waals surface area contributed by atoms with Crippen LogP contribution < -0.4 is 5.32 Å². The minimum atomic E-state index is 0.549. The van der Waals surface area contributed by atoms with Gasteiger partial charge in [-0.05, 0) is 18.5 Å². The van der Waals surface area contributed by atoms with E-state index < -0.39 is 0 Å². The van der Waals surface area contributed by atoms with E-state index in [1.807, 2.05) is 0 Å². The first-order chi connectivity index (χ1) is 8.11. The molecule has 100 valence electrons. The number of hydrogen-bond donors (Lipinski definition) is 1. The fourth-order valence-corrected chi connectivity index (χ4v) is 2.21. The first-order valence-corrected chi connectivity index (χ1v) is 6.96. The Morgan fingerprint density at radius 2 is 1.76 bits per heavy atom. The van der Waals surface area contributed by atoms with E-state index in [4.69, 9.17) is 0 Å². The SMILES string of the molecule is C=C(CNC(C)C)CN1CCN(CCC)CC1. The summed E-state index contributed by atoms with van der Waals surface area (Å²) < 4.78 is 0. The maximum absolute atomic E-state index is 4.16. The summed E-state index contributed by atoms with van der Waals surface area (Å²) in [4.78, 5) is 5.09. The van der Waals surface area contributed by atoms with Gasteiger partial charge in [-0.1, -0.05) is 27.4 Å². The largest absolute Gasteiger partial charge is 0.311 e. The van der Waals surface area contributed by atoms with Gasteiger partial charge >= 0.3 is 0 Å². The summed E-state index contributed by atoms with van der Waals surface area (Å²) >= 11 is 0. The van der Waals surface area contributed by atoms with E-state index in [0.29, 0.717) is 6.04 Å². The fourth-order valence-electron chi connectivity index (χ4n) is 2.21. The molecule has 3 nitrogen and oxygen atoms in total. The molecule has 0 atom stereocenters. The monoisotopic (exact) mass is 239 g/mol. The zero-order chi connectivity index (χ0) is 12.7. The molecule has 1 fully saturated rings. The summed E-state index contributed by atoms with van der Waals surface area (Å²) in [6, 6.07) is 0.549. The Bertz CT molecular complexity index is 218. The van der Waals surface area contributed by atoms with Crippen LogP contribution >= 0.6 is 0 Å². The van der Waals surface area contributed by atoms with Gasteiger partial charge in [0.2, 0.25) is 0 Å². The van der Waals surface area contributed by atoms with Crippen LogP contribution in [-0.2, 0) is 0 Å². The molecule has 1 aliphatic rings. The van der Waals surface area contributed by atoms with Crippen LogP contribution in [0, 0.1) is 0 Å². The Morgan fingerprint density at radius 3 is 2.29 bits per heavy atom. The van der Waals surface area contributed by atoms with E-state index in [9.17, 15) is 0 Å². The highest BCUT2D eigenvalue weighted by molar-refractivity contribution is 5.00. The molecule has 3 heteroatoms. The normalized spacial score (nSPS) is 18.8. The third kappa shape index (κ3) is 6.20. The van der Waals surface area contributed by atoms with E-state index in [1.54, 1.807) is 0 Å². The number of piperazine rings is 1. The van der Waals surface area contributed by atoms with Crippen LogP contribution in [0.15, 0.2) is 12.2 Å². The van der Waals surface area contributed by atoms with Crippen molar-refractivity contribution in [2.75, 3.05) is 45.8 Å². The van der Waals surface area contributed by atoms with Crippen molar-refractivity contribution in [3.05, 3.63) is 12.2 Å². The predicted octanol–water partition coefficient (Wildman–Crippen LogP) is 1.57. The molecule has 0 aromatic carbocycles. The highest BCUT2D eigenvalue weighted by Crippen LogP contribution is 2.04. The van der Waals surface area contributed by atoms with Gasteiger partial charge in [-0.3, -0.25) is 4.90 Å². The highest BCUT2D eigenvalue weighted by Gasteiger charge is 2.16. The van der Waals surface area contributed by atoms with Crippen LogP contribution in [0.1, 0.15) is 27.2 Å². The number of nitrogens with zero attached hydrogens (tertiary/aromatic N) is 2. The van der Waals surface area contributed by atoms with E-state index in [2.05, 4.69) is 42.5 Å². The van der Waals surface area contributed by atoms with Crippen molar-refractivity contribution in [1.29, 1.82) is 0 Å². The number of hydrogen-bond acceptors (Lipinski definition) is 3. The molecule has 17 heavy (non-hydrogen) atoms. The van der Waals surface area contributed by atoms with Crippen LogP contribution in [-0.4, -0.2) is 61.7 Å². The summed E-state index contributed by atoms with van der Waals surface area (Å²) in [5.41, 5.74) is 1.31. The quantitative estimate of drug-likeness (QED) is 0.680. The van der Waals surface area contributed by atoms with Gasteiger partial charge in [-0.25, -0.2) is 0 Å². The van der Waals surface area contributed by atoms with Crippen molar-refractivity contribution in [1.82, 2.24) is 15.1 Å². The first-order valence-electron chi connectivity index (χ1n) is 6.96. The summed E-state index contributed by atoms with van der Waals surface area (Å²) in [5, 5.41) is 3.43. The molecule has 0 aromatic heterocycles. The summed E-state index contributed by atoms with van der Waals surface area (Å²) in [6.07, 6.45) is 1.27. The van der Waals surface area contributed by atoms with Crippen LogP contribution in [0.25, 0.3) is 0 Å². The summed E-state index contributed by atoms with van der Waals surface area (Å²) in [5.74, 6) is 0. The molecule has 1 aliphatic heterocycles. The predicted molar refractivity (Wildman–Crippen MR) is 75.4 cm³/mol. The van der Waals surface area contributed by atoms with Crippen molar-refractivity contribution in [2.45, 2.75) is 33.2 Å². The molecule has 0 aliphatic carbocycles. The standard InChI is InChI=1S/C14H29N3/c1-5-6-16-7-9-17(10-8-16)12-14(4)11-15-13(2)3/h13,15H,4-12H2,1-3H3. The summed E-state index contributed by atoms with van der Waals surface area (Å²) in [7, 11) is 0. The number of nitrogens with one attached hydrogen (secondary N) is 1. The molecule has 0 unspecified atom stereocenters. The van der Waals surface area contributed by atoms with Crippen molar-refractivity contribution in [3.63, 3.8) is 0 Å². The Labute approximate surface area is 107 Å². The lowest BCUT2D eigenvalue weighted by molar-refractivity contribution is 0.140. The van der Waals surface area contributed by atoms with E-state index >= 15 is 0 Å². The maximum atomic E-state index is 4.16. The lowest BCUT2D eigenvalue weighted by atomic mass is 10.2. The molecule has 1 N–H and O–H groups in total. The summed E-state index contributed by atoms with van der Waals surface area (Å²) in [6.45, 7) is 18.9. The maximum Gasteiger partial charge on any atom is 0.0203 e. The Morgan fingerprint density at radius 1 is 1.18 bits per heavy atom. The third-order valence-corrected chi connectivity index (χ3v) is 3.21. The van der Waals surface area contributed by atoms with E-state index in [-0.39, 0.29) is 0 Å². The van der Waals surface area contributed by atoms with E-state index in [0.717, 1.165) is 13.1 Å². The average molecular weight is 239 g/mol. The molecule has 1 rings (SSSR count). The van der Waals surface area contributed by atoms with Crippen molar-refractivity contribution >= 4 is 0 Å². The van der Waals surface area contributed by atoms with Crippen molar-refractivity contribution in [3.8, 4) is 0 Å². The molecule has 0 aromatic rings. The minimum absolute atomic E-state index is 0.549. The first kappa shape index (κ1) is 14.7. The van der Waals surface area contributed by atoms with Gasteiger partial charge in [0.05, 0.1) is 0 Å². The van der Waals surface area contributed by atoms with Gasteiger partial charge in [0.1, 0.15) is 0 Å².